The molecule has 19 heavy (non-hydrogen) atoms. The lowest BCUT2D eigenvalue weighted by Gasteiger charge is -2.05. The van der Waals surface area contributed by atoms with Gasteiger partial charge in [-0.05, 0) is 50.2 Å². The second-order valence-corrected chi connectivity index (χ2v) is 4.58. The van der Waals surface area contributed by atoms with Crippen LogP contribution in [-0.2, 0) is 6.54 Å². The number of aromatic nitrogens is 2. The van der Waals surface area contributed by atoms with Crippen molar-refractivity contribution in [1.29, 1.82) is 0 Å². The summed E-state index contributed by atoms with van der Waals surface area (Å²) in [6.45, 7) is 5.75. The molecule has 0 atom stereocenters. The van der Waals surface area contributed by atoms with E-state index in [1.165, 1.54) is 5.56 Å². The van der Waals surface area contributed by atoms with Gasteiger partial charge in [-0.25, -0.2) is 0 Å². The number of hydrogen-bond donors (Lipinski definition) is 2. The van der Waals surface area contributed by atoms with Crippen LogP contribution in [-0.4, -0.2) is 23.9 Å². The molecule has 2 rings (SSSR count). The quantitative estimate of drug-likeness (QED) is 0.838. The van der Waals surface area contributed by atoms with E-state index in [2.05, 4.69) is 41.5 Å². The van der Waals surface area contributed by atoms with Crippen molar-refractivity contribution in [2.45, 2.75) is 26.8 Å². The average molecular weight is 259 g/mol. The Hall–Kier alpha value is -1.81. The van der Waals surface area contributed by atoms with Crippen LogP contribution in [0.4, 0.5) is 0 Å². The molecule has 0 fully saturated rings. The molecule has 0 saturated carbocycles. The van der Waals surface area contributed by atoms with Gasteiger partial charge in [0.15, 0.2) is 0 Å². The number of nitrogens with one attached hydrogen (secondary N) is 2. The van der Waals surface area contributed by atoms with Crippen LogP contribution in [0.2, 0.25) is 0 Å². The van der Waals surface area contributed by atoms with Crippen LogP contribution in [0.15, 0.2) is 24.3 Å². The van der Waals surface area contributed by atoms with Gasteiger partial charge >= 0.3 is 0 Å². The van der Waals surface area contributed by atoms with Gasteiger partial charge < -0.3 is 10.1 Å². The van der Waals surface area contributed by atoms with E-state index in [1.54, 1.807) is 0 Å². The first-order valence-electron chi connectivity index (χ1n) is 6.68. The molecule has 0 aliphatic heterocycles. The molecule has 1 aromatic heterocycles. The van der Waals surface area contributed by atoms with Crippen molar-refractivity contribution in [2.24, 2.45) is 0 Å². The van der Waals surface area contributed by atoms with Crippen molar-refractivity contribution in [2.75, 3.05) is 13.7 Å². The molecule has 102 valence electrons. The molecule has 0 bridgehead atoms. The summed E-state index contributed by atoms with van der Waals surface area (Å²) in [5.74, 6) is 0.911. The van der Waals surface area contributed by atoms with Gasteiger partial charge in [0.05, 0.1) is 18.0 Å². The Morgan fingerprint density at radius 3 is 2.63 bits per heavy atom. The molecule has 0 saturated heterocycles. The molecule has 2 aromatic rings. The van der Waals surface area contributed by atoms with E-state index in [9.17, 15) is 0 Å². The van der Waals surface area contributed by atoms with E-state index < -0.39 is 0 Å². The molecule has 4 heteroatoms. The summed E-state index contributed by atoms with van der Waals surface area (Å²) in [6, 6.07) is 8.10. The molecule has 4 nitrogen and oxygen atoms in total. The Kier molecular flexibility index (Phi) is 4.58. The van der Waals surface area contributed by atoms with Crippen LogP contribution in [0.5, 0.6) is 5.75 Å². The summed E-state index contributed by atoms with van der Waals surface area (Å²) < 4.78 is 5.58. The van der Waals surface area contributed by atoms with Crippen molar-refractivity contribution in [3.05, 3.63) is 35.5 Å². The first-order chi connectivity index (χ1) is 9.26. The van der Waals surface area contributed by atoms with E-state index in [4.69, 9.17) is 4.74 Å². The second-order valence-electron chi connectivity index (χ2n) is 4.58. The lowest BCUT2D eigenvalue weighted by molar-refractivity contribution is 0.317. The molecule has 2 N–H and O–H groups in total. The van der Waals surface area contributed by atoms with Gasteiger partial charge in [-0.1, -0.05) is 6.92 Å². The standard InChI is InChI=1S/C15H21N3O/c1-4-9-19-13-7-5-12(6-8-13)15-11(2)14(10-16-3)17-18-15/h5-8,16H,4,9-10H2,1-3H3,(H,17,18). The summed E-state index contributed by atoms with van der Waals surface area (Å²) in [4.78, 5) is 0. The summed E-state index contributed by atoms with van der Waals surface area (Å²) in [6.07, 6.45) is 1.02. The van der Waals surface area contributed by atoms with Crippen molar-refractivity contribution < 1.29 is 4.74 Å². The zero-order chi connectivity index (χ0) is 13.7. The van der Waals surface area contributed by atoms with E-state index in [0.717, 1.165) is 42.3 Å². The third-order valence-electron chi connectivity index (χ3n) is 3.06. The molecule has 0 aliphatic carbocycles. The minimum Gasteiger partial charge on any atom is -0.494 e. The zero-order valence-corrected chi connectivity index (χ0v) is 11.8. The lowest BCUT2D eigenvalue weighted by atomic mass is 10.1. The van der Waals surface area contributed by atoms with Gasteiger partial charge in [-0.3, -0.25) is 5.10 Å². The molecule has 1 aromatic carbocycles. The van der Waals surface area contributed by atoms with Gasteiger partial charge in [0.1, 0.15) is 5.75 Å². The van der Waals surface area contributed by atoms with Crippen molar-refractivity contribution in [3.8, 4) is 17.0 Å². The van der Waals surface area contributed by atoms with Gasteiger partial charge in [-0.2, -0.15) is 5.10 Å². The highest BCUT2D eigenvalue weighted by Gasteiger charge is 2.10. The molecule has 0 unspecified atom stereocenters. The Bertz CT molecular complexity index is 517. The molecular formula is C15H21N3O. The molecule has 0 radical (unpaired) electrons. The van der Waals surface area contributed by atoms with Crippen molar-refractivity contribution in [3.63, 3.8) is 0 Å². The normalized spacial score (nSPS) is 10.7. The predicted octanol–water partition coefficient (Wildman–Crippen LogP) is 2.89. The van der Waals surface area contributed by atoms with Crippen molar-refractivity contribution in [1.82, 2.24) is 15.5 Å². The summed E-state index contributed by atoms with van der Waals surface area (Å²) in [5, 5.41) is 10.6. The van der Waals surface area contributed by atoms with Gasteiger partial charge in [0.2, 0.25) is 0 Å². The fraction of sp³-hybridized carbons (Fsp3) is 0.400. The first kappa shape index (κ1) is 13.6. The van der Waals surface area contributed by atoms with Crippen LogP contribution in [0.25, 0.3) is 11.3 Å². The number of rotatable bonds is 6. The third-order valence-corrected chi connectivity index (χ3v) is 3.06. The SMILES string of the molecule is CCCOc1ccc(-c2n[nH]c(CNC)c2C)cc1. The molecular weight excluding hydrogens is 238 g/mol. The van der Waals surface area contributed by atoms with E-state index >= 15 is 0 Å². The third kappa shape index (κ3) is 3.15. The molecule has 0 spiro atoms. The Balaban J connectivity index is 2.17. The number of H-pyrrole nitrogens is 1. The van der Waals surface area contributed by atoms with Gasteiger partial charge in [0.25, 0.3) is 0 Å². The summed E-state index contributed by atoms with van der Waals surface area (Å²) in [5.41, 5.74) is 4.44. The molecule has 0 aliphatic rings. The van der Waals surface area contributed by atoms with Crippen LogP contribution >= 0.6 is 0 Å². The molecule has 1 heterocycles. The highest BCUT2D eigenvalue weighted by atomic mass is 16.5. The number of nitrogens with zero attached hydrogens (tertiary/aromatic N) is 1. The number of benzene rings is 1. The fourth-order valence-electron chi connectivity index (χ4n) is 1.99. The topological polar surface area (TPSA) is 49.9 Å². The summed E-state index contributed by atoms with van der Waals surface area (Å²) in [7, 11) is 1.93. The Labute approximate surface area is 114 Å². The maximum Gasteiger partial charge on any atom is 0.119 e. The Morgan fingerprint density at radius 1 is 1.26 bits per heavy atom. The minimum absolute atomic E-state index is 0.757. The molecule has 0 amide bonds. The highest BCUT2D eigenvalue weighted by molar-refractivity contribution is 5.64. The second kappa shape index (κ2) is 6.38. The summed E-state index contributed by atoms with van der Waals surface area (Å²) >= 11 is 0. The smallest absolute Gasteiger partial charge is 0.119 e. The fourth-order valence-corrected chi connectivity index (χ4v) is 1.99. The van der Waals surface area contributed by atoms with Crippen LogP contribution in [0.3, 0.4) is 0 Å². The van der Waals surface area contributed by atoms with Crippen LogP contribution < -0.4 is 10.1 Å². The monoisotopic (exact) mass is 259 g/mol. The van der Waals surface area contributed by atoms with E-state index in [0.29, 0.717) is 0 Å². The van der Waals surface area contributed by atoms with Crippen LogP contribution in [0.1, 0.15) is 24.6 Å². The van der Waals surface area contributed by atoms with E-state index in [-0.39, 0.29) is 0 Å². The average Bonchev–Trinajstić information content (AvgIpc) is 2.79. The largest absolute Gasteiger partial charge is 0.494 e. The maximum absolute atomic E-state index is 5.58. The van der Waals surface area contributed by atoms with Gasteiger partial charge in [-0.15, -0.1) is 0 Å². The van der Waals surface area contributed by atoms with Crippen molar-refractivity contribution >= 4 is 0 Å². The predicted molar refractivity (Wildman–Crippen MR) is 77.3 cm³/mol. The van der Waals surface area contributed by atoms with Gasteiger partial charge in [0, 0.05) is 12.1 Å². The Morgan fingerprint density at radius 2 is 2.00 bits per heavy atom. The zero-order valence-electron chi connectivity index (χ0n) is 11.8. The number of ether oxygens (including phenoxy) is 1. The first-order valence-corrected chi connectivity index (χ1v) is 6.68. The lowest BCUT2D eigenvalue weighted by Crippen LogP contribution is -2.06. The number of aromatic amines is 1. The van der Waals surface area contributed by atoms with Crippen LogP contribution in [0, 0.1) is 6.92 Å². The minimum atomic E-state index is 0.757. The maximum atomic E-state index is 5.58. The number of hydrogen-bond acceptors (Lipinski definition) is 3. The highest BCUT2D eigenvalue weighted by Crippen LogP contribution is 2.25. The van der Waals surface area contributed by atoms with E-state index in [1.807, 2.05) is 19.2 Å².